The molecule has 3 heterocycles. The second kappa shape index (κ2) is 6.29. The topological polar surface area (TPSA) is 97.9 Å². The first-order chi connectivity index (χ1) is 12.1. The van der Waals surface area contributed by atoms with Crippen LogP contribution in [0.25, 0.3) is 11.1 Å². The molecule has 1 saturated heterocycles. The van der Waals surface area contributed by atoms with Gasteiger partial charge in [-0.1, -0.05) is 5.21 Å². The molecule has 1 aliphatic heterocycles. The summed E-state index contributed by atoms with van der Waals surface area (Å²) >= 11 is 0. The smallest absolute Gasteiger partial charge is 0.278 e. The lowest BCUT2D eigenvalue weighted by molar-refractivity contribution is 0.102. The lowest BCUT2D eigenvalue weighted by Gasteiger charge is -2.23. The lowest BCUT2D eigenvalue weighted by Crippen LogP contribution is -2.30. The number of hydrogen-bond acceptors (Lipinski definition) is 6. The van der Waals surface area contributed by atoms with Gasteiger partial charge in [-0.05, 0) is 45.0 Å². The number of piperidine rings is 1. The van der Waals surface area contributed by atoms with E-state index in [4.69, 9.17) is 4.42 Å². The van der Waals surface area contributed by atoms with Crippen molar-refractivity contribution in [3.8, 4) is 0 Å². The Labute approximate surface area is 144 Å². The Hall–Kier alpha value is -2.74. The molecule has 3 aromatic rings. The molecule has 25 heavy (non-hydrogen) atoms. The van der Waals surface area contributed by atoms with E-state index < -0.39 is 0 Å². The number of aryl methyl sites for hydroxylation is 1. The van der Waals surface area contributed by atoms with Crippen molar-refractivity contribution in [3.63, 3.8) is 0 Å². The molecule has 0 atom stereocenters. The van der Waals surface area contributed by atoms with Gasteiger partial charge in [0.25, 0.3) is 5.91 Å². The summed E-state index contributed by atoms with van der Waals surface area (Å²) in [6, 6.07) is 5.68. The maximum atomic E-state index is 12.6. The van der Waals surface area contributed by atoms with Crippen molar-refractivity contribution >= 4 is 22.7 Å². The number of amides is 1. The van der Waals surface area contributed by atoms with Crippen LogP contribution >= 0.6 is 0 Å². The molecule has 4 rings (SSSR count). The van der Waals surface area contributed by atoms with Gasteiger partial charge in [0.2, 0.25) is 0 Å². The van der Waals surface area contributed by atoms with Crippen LogP contribution in [0, 0.1) is 13.8 Å². The van der Waals surface area contributed by atoms with Gasteiger partial charge in [-0.2, -0.15) is 0 Å². The van der Waals surface area contributed by atoms with Gasteiger partial charge >= 0.3 is 0 Å². The Kier molecular flexibility index (Phi) is 3.96. The van der Waals surface area contributed by atoms with Crippen molar-refractivity contribution in [2.24, 2.45) is 0 Å². The highest BCUT2D eigenvalue weighted by Crippen LogP contribution is 2.22. The summed E-state index contributed by atoms with van der Waals surface area (Å²) in [5, 5.41) is 14.5. The largest absolute Gasteiger partial charge is 0.441 e. The van der Waals surface area contributed by atoms with Gasteiger partial charge in [0.15, 0.2) is 17.2 Å². The SMILES string of the molecule is Cc1nc2ccc(NC(=O)c3nnn(C4CCNCC4)c3C)cc2o1. The Morgan fingerprint density at radius 3 is 2.92 bits per heavy atom. The highest BCUT2D eigenvalue weighted by atomic mass is 16.3. The minimum Gasteiger partial charge on any atom is -0.441 e. The molecular weight excluding hydrogens is 320 g/mol. The summed E-state index contributed by atoms with van der Waals surface area (Å²) in [5.41, 5.74) is 3.20. The van der Waals surface area contributed by atoms with Gasteiger partial charge in [0.05, 0.1) is 11.7 Å². The van der Waals surface area contributed by atoms with E-state index in [0.29, 0.717) is 28.9 Å². The van der Waals surface area contributed by atoms with Crippen LogP contribution < -0.4 is 10.6 Å². The van der Waals surface area contributed by atoms with Crippen molar-refractivity contribution in [2.45, 2.75) is 32.7 Å². The van der Waals surface area contributed by atoms with Crippen molar-refractivity contribution < 1.29 is 9.21 Å². The van der Waals surface area contributed by atoms with E-state index in [9.17, 15) is 4.79 Å². The number of rotatable bonds is 3. The number of nitrogens with zero attached hydrogens (tertiary/aromatic N) is 4. The predicted molar refractivity (Wildman–Crippen MR) is 92.6 cm³/mol. The number of aromatic nitrogens is 4. The Morgan fingerprint density at radius 2 is 2.12 bits per heavy atom. The number of oxazole rings is 1. The third-order valence-electron chi connectivity index (χ3n) is 4.55. The van der Waals surface area contributed by atoms with E-state index in [0.717, 1.165) is 37.1 Å². The Morgan fingerprint density at radius 1 is 1.32 bits per heavy atom. The molecule has 8 heteroatoms. The van der Waals surface area contributed by atoms with E-state index in [1.807, 2.05) is 17.7 Å². The number of fused-ring (bicyclic) bond motifs is 1. The second-order valence-electron chi connectivity index (χ2n) is 6.32. The zero-order chi connectivity index (χ0) is 17.4. The van der Waals surface area contributed by atoms with Gasteiger partial charge in [-0.3, -0.25) is 4.79 Å². The summed E-state index contributed by atoms with van der Waals surface area (Å²) in [6.45, 7) is 5.60. The average Bonchev–Trinajstić information content (AvgIpc) is 3.17. The fourth-order valence-corrected chi connectivity index (χ4v) is 3.26. The first-order valence-corrected chi connectivity index (χ1v) is 8.43. The molecule has 0 unspecified atom stereocenters. The molecule has 1 aromatic carbocycles. The van der Waals surface area contributed by atoms with E-state index in [1.54, 1.807) is 19.1 Å². The van der Waals surface area contributed by atoms with Gasteiger partial charge in [0, 0.05) is 18.7 Å². The first-order valence-electron chi connectivity index (χ1n) is 8.43. The van der Waals surface area contributed by atoms with Crippen LogP contribution in [0.15, 0.2) is 22.6 Å². The van der Waals surface area contributed by atoms with E-state index in [1.165, 1.54) is 0 Å². The maximum Gasteiger partial charge on any atom is 0.278 e. The summed E-state index contributed by atoms with van der Waals surface area (Å²) < 4.78 is 7.38. The zero-order valence-electron chi connectivity index (χ0n) is 14.2. The standard InChI is InChI=1S/C17H20N6O2/c1-10-16(21-22-23(10)13-5-7-18-8-6-13)17(24)20-12-3-4-14-15(9-12)25-11(2)19-14/h3-4,9,13,18H,5-8H2,1-2H3,(H,20,24). The van der Waals surface area contributed by atoms with Crippen LogP contribution in [-0.4, -0.2) is 39.0 Å². The van der Waals surface area contributed by atoms with E-state index in [2.05, 4.69) is 25.9 Å². The second-order valence-corrected chi connectivity index (χ2v) is 6.32. The zero-order valence-corrected chi connectivity index (χ0v) is 14.2. The molecule has 1 fully saturated rings. The van der Waals surface area contributed by atoms with Crippen molar-refractivity contribution in [2.75, 3.05) is 18.4 Å². The lowest BCUT2D eigenvalue weighted by atomic mass is 10.1. The number of carbonyl (C=O) groups is 1. The van der Waals surface area contributed by atoms with Crippen LogP contribution in [0.3, 0.4) is 0 Å². The minimum atomic E-state index is -0.270. The summed E-state index contributed by atoms with van der Waals surface area (Å²) in [5.74, 6) is 0.326. The Balaban J connectivity index is 1.54. The summed E-state index contributed by atoms with van der Waals surface area (Å²) in [7, 11) is 0. The van der Waals surface area contributed by atoms with Gasteiger partial charge in [-0.15, -0.1) is 5.10 Å². The highest BCUT2D eigenvalue weighted by Gasteiger charge is 2.23. The summed E-state index contributed by atoms with van der Waals surface area (Å²) in [6.07, 6.45) is 1.99. The molecule has 2 N–H and O–H groups in total. The third kappa shape index (κ3) is 3.00. The quantitative estimate of drug-likeness (QED) is 0.758. The molecule has 0 radical (unpaired) electrons. The van der Waals surface area contributed by atoms with Crippen molar-refractivity contribution in [1.82, 2.24) is 25.3 Å². The van der Waals surface area contributed by atoms with E-state index >= 15 is 0 Å². The minimum absolute atomic E-state index is 0.270. The molecule has 2 aromatic heterocycles. The molecule has 0 aliphatic carbocycles. The molecular formula is C17H20N6O2. The van der Waals surface area contributed by atoms with Crippen molar-refractivity contribution in [3.05, 3.63) is 35.5 Å². The fraction of sp³-hybridized carbons (Fsp3) is 0.412. The van der Waals surface area contributed by atoms with Gasteiger partial charge in [0.1, 0.15) is 5.52 Å². The van der Waals surface area contributed by atoms with Crippen molar-refractivity contribution in [1.29, 1.82) is 0 Å². The normalized spacial score (nSPS) is 15.6. The number of carbonyl (C=O) groups excluding carboxylic acids is 1. The molecule has 1 amide bonds. The molecule has 0 saturated carbocycles. The number of benzene rings is 1. The average molecular weight is 340 g/mol. The van der Waals surface area contributed by atoms with Crippen LogP contribution in [-0.2, 0) is 0 Å². The fourth-order valence-electron chi connectivity index (χ4n) is 3.26. The molecule has 8 nitrogen and oxygen atoms in total. The van der Waals surface area contributed by atoms with Crippen LogP contribution in [0.5, 0.6) is 0 Å². The van der Waals surface area contributed by atoms with E-state index in [-0.39, 0.29) is 5.91 Å². The maximum absolute atomic E-state index is 12.6. The van der Waals surface area contributed by atoms with Gasteiger partial charge < -0.3 is 15.1 Å². The molecule has 1 aliphatic rings. The van der Waals surface area contributed by atoms with Crippen LogP contribution in [0.4, 0.5) is 5.69 Å². The number of anilines is 1. The molecule has 0 bridgehead atoms. The molecule has 0 spiro atoms. The number of nitrogens with one attached hydrogen (secondary N) is 2. The van der Waals surface area contributed by atoms with Crippen LogP contribution in [0.1, 0.15) is 41.0 Å². The highest BCUT2D eigenvalue weighted by molar-refractivity contribution is 6.04. The van der Waals surface area contributed by atoms with Crippen LogP contribution in [0.2, 0.25) is 0 Å². The van der Waals surface area contributed by atoms with Gasteiger partial charge in [-0.25, -0.2) is 9.67 Å². The predicted octanol–water partition coefficient (Wildman–Crippen LogP) is 2.21. The number of hydrogen-bond donors (Lipinski definition) is 2. The Bertz CT molecular complexity index is 923. The molecule has 130 valence electrons. The third-order valence-corrected chi connectivity index (χ3v) is 4.55. The first kappa shape index (κ1) is 15.8. The monoisotopic (exact) mass is 340 g/mol. The summed E-state index contributed by atoms with van der Waals surface area (Å²) in [4.78, 5) is 16.8.